The second kappa shape index (κ2) is 6.89. The maximum atomic E-state index is 13.6. The van der Waals surface area contributed by atoms with Gasteiger partial charge in [-0.1, -0.05) is 19.1 Å². The number of nitrogens with zero attached hydrogens (tertiary/aromatic N) is 1. The smallest absolute Gasteiger partial charge is 0.406 e. The molecule has 1 saturated heterocycles. The van der Waals surface area contributed by atoms with E-state index in [1.165, 1.54) is 18.2 Å². The third kappa shape index (κ3) is 3.54. The van der Waals surface area contributed by atoms with Crippen LogP contribution in [0.4, 0.5) is 17.6 Å². The minimum absolute atomic E-state index is 0.0930. The van der Waals surface area contributed by atoms with Crippen molar-refractivity contribution in [1.29, 1.82) is 0 Å². The lowest BCUT2D eigenvalue weighted by Crippen LogP contribution is -2.49. The normalized spacial score (nSPS) is 21.9. The summed E-state index contributed by atoms with van der Waals surface area (Å²) in [7, 11) is 0. The maximum Gasteiger partial charge on any atom is 0.406 e. The van der Waals surface area contributed by atoms with Crippen molar-refractivity contribution in [3.63, 3.8) is 0 Å². The average Bonchev–Trinajstić information content (AvgIpc) is 3.00. The Morgan fingerprint density at radius 3 is 2.48 bits per heavy atom. The fourth-order valence-electron chi connectivity index (χ4n) is 2.73. The fraction of sp³-hybridized carbons (Fsp3) is 0.500. The van der Waals surface area contributed by atoms with Gasteiger partial charge in [-0.05, 0) is 25.0 Å². The molecule has 1 N–H and O–H groups in total. The predicted octanol–water partition coefficient (Wildman–Crippen LogP) is 2.85. The van der Waals surface area contributed by atoms with E-state index >= 15 is 0 Å². The third-order valence-electron chi connectivity index (χ3n) is 4.29. The van der Waals surface area contributed by atoms with Crippen molar-refractivity contribution in [2.75, 3.05) is 13.1 Å². The van der Waals surface area contributed by atoms with Crippen LogP contribution >= 0.6 is 0 Å². The molecule has 1 heterocycles. The molecule has 0 radical (unpaired) electrons. The van der Waals surface area contributed by atoms with Crippen molar-refractivity contribution in [3.8, 4) is 5.75 Å². The van der Waals surface area contributed by atoms with Crippen molar-refractivity contribution in [1.82, 2.24) is 4.90 Å². The summed E-state index contributed by atoms with van der Waals surface area (Å²) in [6.45, 7) is 0.220. The molecule has 2 atom stereocenters. The van der Waals surface area contributed by atoms with Crippen LogP contribution in [0.5, 0.6) is 5.75 Å². The number of ether oxygens (including phenoxy) is 1. The number of halogens is 4. The molecule has 2 rings (SSSR count). The van der Waals surface area contributed by atoms with Gasteiger partial charge in [0.1, 0.15) is 0 Å². The number of carboxylic acid groups (broad SMARTS) is 1. The zero-order chi connectivity index (χ0) is 18.8. The second-order valence-electron chi connectivity index (χ2n) is 5.84. The van der Waals surface area contributed by atoms with Crippen molar-refractivity contribution >= 4 is 11.9 Å². The van der Waals surface area contributed by atoms with Gasteiger partial charge >= 0.3 is 12.1 Å². The van der Waals surface area contributed by atoms with Crippen LogP contribution in [0, 0.1) is 11.2 Å². The molecule has 1 aromatic carbocycles. The number of carboxylic acids is 1. The quantitative estimate of drug-likeness (QED) is 0.817. The van der Waals surface area contributed by atoms with Crippen LogP contribution in [0.3, 0.4) is 0 Å². The SMILES string of the molecule is CCC(Oc1ccccc1F)C(=O)N1CCC(C(=O)O)(C(F)(F)F)C1. The highest BCUT2D eigenvalue weighted by atomic mass is 19.4. The first kappa shape index (κ1) is 19.0. The van der Waals surface area contributed by atoms with E-state index < -0.39 is 48.4 Å². The number of benzene rings is 1. The van der Waals surface area contributed by atoms with Crippen LogP contribution in [0.25, 0.3) is 0 Å². The number of alkyl halides is 3. The second-order valence-corrected chi connectivity index (χ2v) is 5.84. The van der Waals surface area contributed by atoms with Crippen LogP contribution in [-0.2, 0) is 9.59 Å². The Hall–Kier alpha value is -2.32. The molecule has 0 saturated carbocycles. The monoisotopic (exact) mass is 363 g/mol. The van der Waals surface area contributed by atoms with Gasteiger partial charge in [-0.2, -0.15) is 13.2 Å². The van der Waals surface area contributed by atoms with Crippen LogP contribution in [0.15, 0.2) is 24.3 Å². The Morgan fingerprint density at radius 2 is 2.00 bits per heavy atom. The largest absolute Gasteiger partial charge is 0.481 e. The maximum absolute atomic E-state index is 13.6. The first-order chi connectivity index (χ1) is 11.6. The summed E-state index contributed by atoms with van der Waals surface area (Å²) in [5.74, 6) is -3.70. The Balaban J connectivity index is 2.17. The van der Waals surface area contributed by atoms with Crippen LogP contribution < -0.4 is 4.74 Å². The van der Waals surface area contributed by atoms with Crippen molar-refractivity contribution in [2.45, 2.75) is 32.0 Å². The molecular formula is C16H17F4NO4. The fourth-order valence-corrected chi connectivity index (χ4v) is 2.73. The molecule has 0 aromatic heterocycles. The first-order valence-electron chi connectivity index (χ1n) is 7.62. The highest BCUT2D eigenvalue weighted by Gasteiger charge is 2.64. The number of rotatable bonds is 5. The van der Waals surface area contributed by atoms with E-state index in [1.54, 1.807) is 6.92 Å². The lowest BCUT2D eigenvalue weighted by molar-refractivity contribution is -0.227. The van der Waals surface area contributed by atoms with Gasteiger partial charge in [0, 0.05) is 13.1 Å². The Bertz CT molecular complexity index is 664. The van der Waals surface area contributed by atoms with Gasteiger partial charge < -0.3 is 14.7 Å². The molecule has 25 heavy (non-hydrogen) atoms. The van der Waals surface area contributed by atoms with E-state index in [1.807, 2.05) is 0 Å². The number of amides is 1. The Morgan fingerprint density at radius 1 is 1.36 bits per heavy atom. The van der Waals surface area contributed by atoms with Crippen molar-refractivity contribution in [3.05, 3.63) is 30.1 Å². The summed E-state index contributed by atoms with van der Waals surface area (Å²) in [5.41, 5.74) is -2.99. The number of carbonyl (C=O) groups excluding carboxylic acids is 1. The third-order valence-corrected chi connectivity index (χ3v) is 4.29. The molecule has 2 unspecified atom stereocenters. The molecule has 1 aromatic rings. The zero-order valence-corrected chi connectivity index (χ0v) is 13.3. The van der Waals surface area contributed by atoms with Crippen LogP contribution in [0.1, 0.15) is 19.8 Å². The topological polar surface area (TPSA) is 66.8 Å². The zero-order valence-electron chi connectivity index (χ0n) is 13.3. The summed E-state index contributed by atoms with van der Waals surface area (Å²) in [5, 5.41) is 9.03. The number of para-hydroxylation sites is 1. The molecule has 0 spiro atoms. The molecule has 1 amide bonds. The molecule has 0 aliphatic carbocycles. The number of hydrogen-bond acceptors (Lipinski definition) is 3. The number of carbonyl (C=O) groups is 2. The van der Waals surface area contributed by atoms with Gasteiger partial charge in [0.05, 0.1) is 0 Å². The molecule has 138 valence electrons. The molecule has 1 aliphatic heterocycles. The van der Waals surface area contributed by atoms with E-state index in [2.05, 4.69) is 0 Å². The van der Waals surface area contributed by atoms with Gasteiger partial charge in [0.25, 0.3) is 5.91 Å². The summed E-state index contributed by atoms with van der Waals surface area (Å²) < 4.78 is 58.5. The highest BCUT2D eigenvalue weighted by molar-refractivity contribution is 5.84. The minimum Gasteiger partial charge on any atom is -0.481 e. The van der Waals surface area contributed by atoms with Gasteiger partial charge in [-0.25, -0.2) is 4.39 Å². The van der Waals surface area contributed by atoms with Crippen LogP contribution in [0.2, 0.25) is 0 Å². The number of hydrogen-bond donors (Lipinski definition) is 1. The van der Waals surface area contributed by atoms with Gasteiger partial charge in [0.15, 0.2) is 23.1 Å². The molecule has 1 fully saturated rings. The number of likely N-dealkylation sites (tertiary alicyclic amines) is 1. The summed E-state index contributed by atoms with van der Waals surface area (Å²) in [6, 6.07) is 5.34. The van der Waals surface area contributed by atoms with Crippen molar-refractivity contribution < 1.29 is 37.0 Å². The minimum atomic E-state index is -4.98. The highest BCUT2D eigenvalue weighted by Crippen LogP contribution is 2.45. The Kier molecular flexibility index (Phi) is 5.24. The molecule has 9 heteroatoms. The van der Waals surface area contributed by atoms with Gasteiger partial charge in [-0.3, -0.25) is 9.59 Å². The van der Waals surface area contributed by atoms with E-state index in [9.17, 15) is 27.2 Å². The summed E-state index contributed by atoms with van der Waals surface area (Å²) >= 11 is 0. The lowest BCUT2D eigenvalue weighted by atomic mass is 9.86. The Labute approximate surface area is 141 Å². The summed E-state index contributed by atoms with van der Waals surface area (Å²) in [4.78, 5) is 24.4. The van der Waals surface area contributed by atoms with Crippen LogP contribution in [-0.4, -0.2) is 47.3 Å². The molecule has 0 bridgehead atoms. The molecule has 1 aliphatic rings. The predicted molar refractivity (Wildman–Crippen MR) is 78.4 cm³/mol. The summed E-state index contributed by atoms with van der Waals surface area (Å²) in [6.07, 6.45) is -6.82. The van der Waals surface area contributed by atoms with Gasteiger partial charge in [-0.15, -0.1) is 0 Å². The van der Waals surface area contributed by atoms with E-state index in [-0.39, 0.29) is 18.7 Å². The standard InChI is InChI=1S/C16H17F4NO4/c1-2-11(25-12-6-4-3-5-10(12)17)13(22)21-8-7-15(9-21,14(23)24)16(18,19)20/h3-6,11H,2,7-9H2,1H3,(H,23,24). The average molecular weight is 363 g/mol. The lowest BCUT2D eigenvalue weighted by Gasteiger charge is -2.28. The van der Waals surface area contributed by atoms with E-state index in [4.69, 9.17) is 9.84 Å². The van der Waals surface area contributed by atoms with E-state index in [0.717, 1.165) is 11.0 Å². The first-order valence-corrected chi connectivity index (χ1v) is 7.62. The van der Waals surface area contributed by atoms with E-state index in [0.29, 0.717) is 0 Å². The molecular weight excluding hydrogens is 346 g/mol. The number of aliphatic carboxylic acids is 1. The van der Waals surface area contributed by atoms with Crippen molar-refractivity contribution in [2.24, 2.45) is 5.41 Å². The van der Waals surface area contributed by atoms with Gasteiger partial charge in [0.2, 0.25) is 0 Å². The molecule has 5 nitrogen and oxygen atoms in total.